The second-order valence-corrected chi connectivity index (χ2v) is 6.11. The van der Waals surface area contributed by atoms with E-state index in [0.717, 1.165) is 26.2 Å². The first-order valence-electron chi connectivity index (χ1n) is 7.88. The zero-order chi connectivity index (χ0) is 15.5. The van der Waals surface area contributed by atoms with Gasteiger partial charge in [-0.05, 0) is 11.6 Å². The van der Waals surface area contributed by atoms with Crippen molar-refractivity contribution in [3.63, 3.8) is 0 Å². The maximum absolute atomic E-state index is 12.1. The number of piperazine rings is 1. The molecule has 22 heavy (non-hydrogen) atoms. The number of carbonyl (C=O) groups excluding carboxylic acids is 2. The van der Waals surface area contributed by atoms with Crippen LogP contribution in [0.4, 0.5) is 0 Å². The highest BCUT2D eigenvalue weighted by molar-refractivity contribution is 6.04. The Morgan fingerprint density at radius 3 is 2.36 bits per heavy atom. The fraction of sp³-hybridized carbons (Fsp3) is 0.412. The van der Waals surface area contributed by atoms with Crippen molar-refractivity contribution in [3.05, 3.63) is 42.1 Å². The zero-order valence-electron chi connectivity index (χ0n) is 12.9. The largest absolute Gasteiger partial charge is 0.315 e. The molecule has 0 aliphatic carbocycles. The van der Waals surface area contributed by atoms with Crippen LogP contribution in [0.1, 0.15) is 12.0 Å². The Hall–Kier alpha value is -1.98. The summed E-state index contributed by atoms with van der Waals surface area (Å²) in [7, 11) is 1.59. The van der Waals surface area contributed by atoms with Crippen molar-refractivity contribution in [3.8, 4) is 0 Å². The van der Waals surface area contributed by atoms with Crippen molar-refractivity contribution in [2.24, 2.45) is 0 Å². The first-order valence-corrected chi connectivity index (χ1v) is 7.88. The Kier molecular flexibility index (Phi) is 4.36. The molecular formula is C17H23N3O2+2. The SMILES string of the molecule is CN1C(=O)C[C@H]([NH+]2CC[NH+](C=Cc3ccccc3)CC2)C1=O. The van der Waals surface area contributed by atoms with Gasteiger partial charge in [0.2, 0.25) is 5.91 Å². The third-order valence-electron chi connectivity index (χ3n) is 4.72. The van der Waals surface area contributed by atoms with Crippen molar-refractivity contribution < 1.29 is 19.4 Å². The molecule has 2 saturated heterocycles. The van der Waals surface area contributed by atoms with E-state index < -0.39 is 0 Å². The molecule has 0 radical (unpaired) electrons. The van der Waals surface area contributed by atoms with Gasteiger partial charge in [-0.25, -0.2) is 0 Å². The summed E-state index contributed by atoms with van der Waals surface area (Å²) in [6, 6.07) is 10.1. The van der Waals surface area contributed by atoms with Crippen LogP contribution in [0, 0.1) is 0 Å². The van der Waals surface area contributed by atoms with Crippen LogP contribution in [0.3, 0.4) is 0 Å². The molecule has 2 heterocycles. The first-order chi connectivity index (χ1) is 10.6. The van der Waals surface area contributed by atoms with Crippen molar-refractivity contribution in [2.75, 3.05) is 33.2 Å². The van der Waals surface area contributed by atoms with E-state index in [1.165, 1.54) is 20.3 Å². The summed E-state index contributed by atoms with van der Waals surface area (Å²) in [4.78, 5) is 27.7. The minimum absolute atomic E-state index is 0.0109. The van der Waals surface area contributed by atoms with Gasteiger partial charge in [-0.3, -0.25) is 19.4 Å². The van der Waals surface area contributed by atoms with E-state index in [1.54, 1.807) is 7.05 Å². The van der Waals surface area contributed by atoms with Gasteiger partial charge in [0.15, 0.2) is 6.04 Å². The number of hydrogen-bond acceptors (Lipinski definition) is 2. The molecule has 2 N–H and O–H groups in total. The van der Waals surface area contributed by atoms with Crippen LogP contribution in [-0.2, 0) is 9.59 Å². The van der Waals surface area contributed by atoms with Gasteiger partial charge < -0.3 is 4.90 Å². The molecule has 2 amide bonds. The molecule has 0 bridgehead atoms. The summed E-state index contributed by atoms with van der Waals surface area (Å²) in [5.41, 5.74) is 1.21. The maximum Gasteiger partial charge on any atom is 0.287 e. The van der Waals surface area contributed by atoms with Gasteiger partial charge in [0.25, 0.3) is 5.91 Å². The fourth-order valence-electron chi connectivity index (χ4n) is 3.26. The summed E-state index contributed by atoms with van der Waals surface area (Å²) in [6.07, 6.45) is 4.73. The molecule has 1 atom stereocenters. The summed E-state index contributed by atoms with van der Waals surface area (Å²) in [5, 5.41) is 0. The number of likely N-dealkylation sites (N-methyl/N-ethyl adjacent to an activating group) is 1. The Morgan fingerprint density at radius 1 is 1.09 bits per heavy atom. The molecule has 5 heteroatoms. The lowest BCUT2D eigenvalue weighted by Gasteiger charge is -2.30. The quantitative estimate of drug-likeness (QED) is 0.647. The van der Waals surface area contributed by atoms with E-state index in [0.29, 0.717) is 6.42 Å². The molecule has 5 nitrogen and oxygen atoms in total. The van der Waals surface area contributed by atoms with Crippen LogP contribution in [0.5, 0.6) is 0 Å². The molecule has 0 unspecified atom stereocenters. The molecule has 2 fully saturated rings. The van der Waals surface area contributed by atoms with Crippen molar-refractivity contribution >= 4 is 17.9 Å². The van der Waals surface area contributed by atoms with E-state index in [1.807, 2.05) is 18.2 Å². The number of quaternary nitrogens is 2. The lowest BCUT2D eigenvalue weighted by molar-refractivity contribution is -0.999. The second-order valence-electron chi connectivity index (χ2n) is 6.11. The number of carbonyl (C=O) groups is 2. The normalized spacial score (nSPS) is 29.5. The average molecular weight is 301 g/mol. The topological polar surface area (TPSA) is 46.3 Å². The van der Waals surface area contributed by atoms with Crippen LogP contribution < -0.4 is 9.80 Å². The number of benzene rings is 1. The van der Waals surface area contributed by atoms with Crippen LogP contribution >= 0.6 is 0 Å². The van der Waals surface area contributed by atoms with Gasteiger partial charge in [-0.1, -0.05) is 30.3 Å². The molecule has 2 aliphatic heterocycles. The molecule has 0 saturated carbocycles. The Balaban J connectivity index is 1.54. The summed E-state index contributed by atoms with van der Waals surface area (Å²) in [6.45, 7) is 3.87. The van der Waals surface area contributed by atoms with Crippen molar-refractivity contribution in [2.45, 2.75) is 12.5 Å². The lowest BCUT2D eigenvalue weighted by Crippen LogP contribution is -3.28. The van der Waals surface area contributed by atoms with E-state index in [-0.39, 0.29) is 17.9 Å². The Labute approximate surface area is 130 Å². The molecule has 0 spiro atoms. The minimum Gasteiger partial charge on any atom is -0.315 e. The third kappa shape index (κ3) is 3.10. The van der Waals surface area contributed by atoms with Crippen molar-refractivity contribution in [1.29, 1.82) is 0 Å². The van der Waals surface area contributed by atoms with Gasteiger partial charge in [-0.2, -0.15) is 0 Å². The zero-order valence-corrected chi connectivity index (χ0v) is 12.9. The second kappa shape index (κ2) is 6.42. The first kappa shape index (κ1) is 14.9. The number of hydrogen-bond donors (Lipinski definition) is 2. The fourth-order valence-corrected chi connectivity index (χ4v) is 3.26. The third-order valence-corrected chi connectivity index (χ3v) is 4.72. The highest BCUT2D eigenvalue weighted by atomic mass is 16.2. The van der Waals surface area contributed by atoms with Gasteiger partial charge >= 0.3 is 0 Å². The lowest BCUT2D eigenvalue weighted by atomic mass is 10.1. The highest BCUT2D eigenvalue weighted by Gasteiger charge is 2.44. The maximum atomic E-state index is 12.1. The van der Waals surface area contributed by atoms with E-state index >= 15 is 0 Å². The number of nitrogens with one attached hydrogen (secondary N) is 2. The van der Waals surface area contributed by atoms with Crippen LogP contribution in [0.25, 0.3) is 6.08 Å². The van der Waals surface area contributed by atoms with Gasteiger partial charge in [0, 0.05) is 7.05 Å². The van der Waals surface area contributed by atoms with Crippen LogP contribution in [-0.4, -0.2) is 56.0 Å². The molecule has 1 aromatic rings. The summed E-state index contributed by atoms with van der Waals surface area (Å²) in [5.74, 6) is -0.0514. The number of nitrogens with zero attached hydrogens (tertiary/aromatic N) is 1. The van der Waals surface area contributed by atoms with E-state index in [9.17, 15) is 9.59 Å². The predicted octanol–water partition coefficient (Wildman–Crippen LogP) is -1.80. The monoisotopic (exact) mass is 301 g/mol. The molecular weight excluding hydrogens is 278 g/mol. The average Bonchev–Trinajstić information content (AvgIpc) is 2.82. The van der Waals surface area contributed by atoms with Crippen LogP contribution in [0.2, 0.25) is 0 Å². The van der Waals surface area contributed by atoms with E-state index in [2.05, 4.69) is 24.4 Å². The van der Waals surface area contributed by atoms with Gasteiger partial charge in [-0.15, -0.1) is 0 Å². The molecule has 2 aliphatic rings. The van der Waals surface area contributed by atoms with Crippen molar-refractivity contribution in [1.82, 2.24) is 4.90 Å². The number of rotatable bonds is 3. The molecule has 3 rings (SSSR count). The van der Waals surface area contributed by atoms with Gasteiger partial charge in [0.1, 0.15) is 26.2 Å². The predicted molar refractivity (Wildman–Crippen MR) is 83.1 cm³/mol. The van der Waals surface area contributed by atoms with E-state index in [4.69, 9.17) is 0 Å². The molecule has 1 aromatic carbocycles. The molecule has 0 aromatic heterocycles. The summed E-state index contributed by atoms with van der Waals surface area (Å²) < 4.78 is 0. The summed E-state index contributed by atoms with van der Waals surface area (Å²) >= 11 is 0. The molecule has 116 valence electrons. The van der Waals surface area contributed by atoms with Gasteiger partial charge in [0.05, 0.1) is 12.6 Å². The minimum atomic E-state index is -0.155. The van der Waals surface area contributed by atoms with Crippen LogP contribution in [0.15, 0.2) is 36.5 Å². The standard InChI is InChI=1S/C17H21N3O2/c1-18-16(21)13-15(17(18)22)20-11-9-19(10-12-20)8-7-14-5-3-2-4-6-14/h2-8,15H,9-13H2,1H3/p+2/t15-/m0/s1. The number of amides is 2. The number of likely N-dealkylation sites (tertiary alicyclic amines) is 1. The smallest absolute Gasteiger partial charge is 0.287 e. The Bertz CT molecular complexity index is 577. The Morgan fingerprint density at radius 2 is 1.77 bits per heavy atom. The number of imide groups is 1. The highest BCUT2D eigenvalue weighted by Crippen LogP contribution is 2.07.